The van der Waals surface area contributed by atoms with Crippen LogP contribution >= 0.6 is 0 Å². The van der Waals surface area contributed by atoms with Crippen LogP contribution < -0.4 is 10.6 Å². The Morgan fingerprint density at radius 3 is 2.39 bits per heavy atom. The van der Waals surface area contributed by atoms with E-state index in [4.69, 9.17) is 0 Å². The molecular weight excluding hydrogens is 365 g/mol. The number of likely N-dealkylation sites (tertiary alicyclic amines) is 1. The number of carboxylic acid groups (broad SMARTS) is 1. The summed E-state index contributed by atoms with van der Waals surface area (Å²) in [5.74, 6) is -1.84. The number of carbonyl (C=O) groups excluding carboxylic acids is 2. The maximum atomic E-state index is 13.2. The molecular formula is C20H20FN3O4. The smallest absolute Gasteiger partial charge is 0.321 e. The highest BCUT2D eigenvalue weighted by Gasteiger charge is 2.42. The lowest BCUT2D eigenvalue weighted by molar-refractivity contribution is -0.146. The predicted octanol–water partition coefficient (Wildman–Crippen LogP) is 3.41. The van der Waals surface area contributed by atoms with Crippen molar-refractivity contribution in [1.29, 1.82) is 0 Å². The van der Waals surface area contributed by atoms with Gasteiger partial charge >= 0.3 is 12.0 Å². The Kier molecular flexibility index (Phi) is 5.30. The number of anilines is 2. The van der Waals surface area contributed by atoms with E-state index in [0.29, 0.717) is 29.9 Å². The van der Waals surface area contributed by atoms with Crippen molar-refractivity contribution >= 4 is 29.3 Å². The van der Waals surface area contributed by atoms with E-state index in [2.05, 4.69) is 10.6 Å². The maximum absolute atomic E-state index is 13.2. The van der Waals surface area contributed by atoms with Gasteiger partial charge in [0.15, 0.2) is 0 Å². The molecule has 146 valence electrons. The number of halogens is 1. The first kappa shape index (κ1) is 19.3. The first-order valence-corrected chi connectivity index (χ1v) is 8.73. The van der Waals surface area contributed by atoms with Crippen LogP contribution in [0.3, 0.4) is 0 Å². The van der Waals surface area contributed by atoms with Gasteiger partial charge in [-0.3, -0.25) is 9.59 Å². The fraction of sp³-hybridized carbons (Fsp3) is 0.250. The third kappa shape index (κ3) is 4.28. The summed E-state index contributed by atoms with van der Waals surface area (Å²) >= 11 is 0. The second kappa shape index (κ2) is 7.67. The fourth-order valence-electron chi connectivity index (χ4n) is 3.02. The van der Waals surface area contributed by atoms with Gasteiger partial charge in [0, 0.05) is 30.0 Å². The maximum Gasteiger partial charge on any atom is 0.321 e. The molecule has 2 aromatic carbocycles. The van der Waals surface area contributed by atoms with Gasteiger partial charge in [0.1, 0.15) is 5.82 Å². The van der Waals surface area contributed by atoms with Crippen molar-refractivity contribution in [2.45, 2.75) is 13.3 Å². The second-order valence-corrected chi connectivity index (χ2v) is 7.01. The van der Waals surface area contributed by atoms with E-state index in [0.717, 1.165) is 0 Å². The minimum atomic E-state index is -0.954. The standard InChI is InChI=1S/C20H20FN3O4/c1-20(18(26)27)8-9-24(12-20)19(28)23-15-6-2-4-13(10-15)17(25)22-16-7-3-5-14(21)11-16/h2-7,10-11H,8-9,12H2,1H3,(H,22,25)(H,23,28)(H,26,27). The normalized spacial score (nSPS) is 18.6. The van der Waals surface area contributed by atoms with Gasteiger partial charge < -0.3 is 20.6 Å². The summed E-state index contributed by atoms with van der Waals surface area (Å²) in [6.07, 6.45) is 0.381. The number of nitrogens with one attached hydrogen (secondary N) is 2. The van der Waals surface area contributed by atoms with Gasteiger partial charge in [0.2, 0.25) is 0 Å². The summed E-state index contributed by atoms with van der Waals surface area (Å²) in [5, 5.41) is 14.5. The lowest BCUT2D eigenvalue weighted by Crippen LogP contribution is -2.37. The third-order valence-electron chi connectivity index (χ3n) is 4.74. The lowest BCUT2D eigenvalue weighted by atomic mass is 9.90. The molecule has 0 radical (unpaired) electrons. The van der Waals surface area contributed by atoms with E-state index in [1.807, 2.05) is 0 Å². The van der Waals surface area contributed by atoms with Gasteiger partial charge in [0.25, 0.3) is 5.91 Å². The summed E-state index contributed by atoms with van der Waals surface area (Å²) in [4.78, 5) is 37.5. The van der Waals surface area contributed by atoms with Gasteiger partial charge in [0.05, 0.1) is 5.41 Å². The number of hydrogen-bond acceptors (Lipinski definition) is 3. The van der Waals surface area contributed by atoms with E-state index < -0.39 is 29.1 Å². The molecule has 1 saturated heterocycles. The van der Waals surface area contributed by atoms with Crippen LogP contribution in [0.5, 0.6) is 0 Å². The second-order valence-electron chi connectivity index (χ2n) is 7.01. The van der Waals surface area contributed by atoms with Gasteiger partial charge in [-0.2, -0.15) is 0 Å². The molecule has 1 aliphatic rings. The Morgan fingerprint density at radius 2 is 1.75 bits per heavy atom. The molecule has 1 heterocycles. The van der Waals surface area contributed by atoms with Crippen LogP contribution in [-0.4, -0.2) is 41.0 Å². The molecule has 0 aliphatic carbocycles. The molecule has 3 N–H and O–H groups in total. The van der Waals surface area contributed by atoms with Crippen molar-refractivity contribution in [3.8, 4) is 0 Å². The summed E-state index contributed by atoms with van der Waals surface area (Å²) in [5.41, 5.74) is 0.0634. The van der Waals surface area contributed by atoms with Crippen LogP contribution in [0.15, 0.2) is 48.5 Å². The van der Waals surface area contributed by atoms with Crippen molar-refractivity contribution in [2.24, 2.45) is 5.41 Å². The van der Waals surface area contributed by atoms with E-state index in [1.54, 1.807) is 31.2 Å². The predicted molar refractivity (Wildman–Crippen MR) is 102 cm³/mol. The number of aliphatic carboxylic acids is 1. The number of benzene rings is 2. The number of hydrogen-bond donors (Lipinski definition) is 3. The van der Waals surface area contributed by atoms with Gasteiger partial charge in [-0.15, -0.1) is 0 Å². The van der Waals surface area contributed by atoms with E-state index >= 15 is 0 Å². The average Bonchev–Trinajstić information content (AvgIpc) is 3.06. The molecule has 7 nitrogen and oxygen atoms in total. The Morgan fingerprint density at radius 1 is 1.07 bits per heavy atom. The van der Waals surface area contributed by atoms with Crippen LogP contribution in [0, 0.1) is 11.2 Å². The largest absolute Gasteiger partial charge is 0.481 e. The number of carbonyl (C=O) groups is 3. The minimum absolute atomic E-state index is 0.119. The van der Waals surface area contributed by atoms with E-state index in [-0.39, 0.29) is 6.54 Å². The Hall–Kier alpha value is -3.42. The highest BCUT2D eigenvalue weighted by molar-refractivity contribution is 6.05. The molecule has 0 spiro atoms. The van der Waals surface area contributed by atoms with Crippen LogP contribution in [-0.2, 0) is 4.79 Å². The van der Waals surface area contributed by atoms with Crippen molar-refractivity contribution in [1.82, 2.24) is 4.90 Å². The molecule has 1 atom stereocenters. The molecule has 0 saturated carbocycles. The Bertz CT molecular complexity index is 933. The molecule has 3 rings (SSSR count). The molecule has 1 fully saturated rings. The minimum Gasteiger partial charge on any atom is -0.481 e. The van der Waals surface area contributed by atoms with Gasteiger partial charge in [-0.25, -0.2) is 9.18 Å². The number of urea groups is 1. The number of carboxylic acids is 1. The van der Waals surface area contributed by atoms with Crippen molar-refractivity contribution in [3.63, 3.8) is 0 Å². The monoisotopic (exact) mass is 385 g/mol. The van der Waals surface area contributed by atoms with Crippen LogP contribution in [0.2, 0.25) is 0 Å². The Balaban J connectivity index is 1.65. The zero-order valence-electron chi connectivity index (χ0n) is 15.2. The fourth-order valence-corrected chi connectivity index (χ4v) is 3.02. The molecule has 2 aromatic rings. The molecule has 0 bridgehead atoms. The molecule has 0 aromatic heterocycles. The van der Waals surface area contributed by atoms with Crippen LogP contribution in [0.25, 0.3) is 0 Å². The summed E-state index contributed by atoms with van der Waals surface area (Å²) in [6, 6.07) is 11.4. The van der Waals surface area contributed by atoms with Crippen LogP contribution in [0.1, 0.15) is 23.7 Å². The Labute approximate surface area is 161 Å². The highest BCUT2D eigenvalue weighted by Crippen LogP contribution is 2.30. The topological polar surface area (TPSA) is 98.7 Å². The number of nitrogens with zero attached hydrogens (tertiary/aromatic N) is 1. The van der Waals surface area contributed by atoms with Gasteiger partial charge in [-0.05, 0) is 49.7 Å². The lowest BCUT2D eigenvalue weighted by Gasteiger charge is -2.20. The summed E-state index contributed by atoms with van der Waals surface area (Å²) < 4.78 is 13.2. The van der Waals surface area contributed by atoms with E-state index in [1.165, 1.54) is 29.2 Å². The average molecular weight is 385 g/mol. The quantitative estimate of drug-likeness (QED) is 0.751. The summed E-state index contributed by atoms with van der Waals surface area (Å²) in [6.45, 7) is 2.07. The zero-order chi connectivity index (χ0) is 20.3. The van der Waals surface area contributed by atoms with Crippen molar-refractivity contribution < 1.29 is 23.9 Å². The van der Waals surface area contributed by atoms with Gasteiger partial charge in [-0.1, -0.05) is 12.1 Å². The molecule has 1 unspecified atom stereocenters. The molecule has 3 amide bonds. The first-order valence-electron chi connectivity index (χ1n) is 8.73. The summed E-state index contributed by atoms with van der Waals surface area (Å²) in [7, 11) is 0. The first-order chi connectivity index (χ1) is 13.3. The molecule has 8 heteroatoms. The SMILES string of the molecule is CC1(C(=O)O)CCN(C(=O)Nc2cccc(C(=O)Nc3cccc(F)c3)c2)C1. The highest BCUT2D eigenvalue weighted by atomic mass is 19.1. The molecule has 1 aliphatic heterocycles. The number of rotatable bonds is 4. The van der Waals surface area contributed by atoms with E-state index in [9.17, 15) is 23.9 Å². The van der Waals surface area contributed by atoms with Crippen molar-refractivity contribution in [3.05, 3.63) is 59.9 Å². The zero-order valence-corrected chi connectivity index (χ0v) is 15.2. The van der Waals surface area contributed by atoms with Crippen LogP contribution in [0.4, 0.5) is 20.6 Å². The molecule has 28 heavy (non-hydrogen) atoms. The number of amides is 3. The van der Waals surface area contributed by atoms with Crippen molar-refractivity contribution in [2.75, 3.05) is 23.7 Å². The third-order valence-corrected chi connectivity index (χ3v) is 4.74.